The van der Waals surface area contributed by atoms with Crippen LogP contribution in [0.4, 0.5) is 0 Å². The summed E-state index contributed by atoms with van der Waals surface area (Å²) in [4.78, 5) is 26.3. The van der Waals surface area contributed by atoms with Gasteiger partial charge in [-0.05, 0) is 13.8 Å². The largest absolute Gasteiger partial charge is 0.358 e. The van der Waals surface area contributed by atoms with Crippen molar-refractivity contribution >= 4 is 50.0 Å². The second kappa shape index (κ2) is 8.26. The SMILES string of the molecule is CCN(CC)C(=S)SCC(CN1C(=O)CCC1=O)S(C)(=O)=O. The molecule has 126 valence electrons. The lowest BCUT2D eigenvalue weighted by molar-refractivity contribution is -0.138. The van der Waals surface area contributed by atoms with Crippen molar-refractivity contribution < 1.29 is 18.0 Å². The summed E-state index contributed by atoms with van der Waals surface area (Å²) in [6.07, 6.45) is 1.46. The van der Waals surface area contributed by atoms with Crippen LogP contribution in [0.25, 0.3) is 0 Å². The van der Waals surface area contributed by atoms with Gasteiger partial charge in [0.1, 0.15) is 4.32 Å². The van der Waals surface area contributed by atoms with Gasteiger partial charge in [-0.2, -0.15) is 0 Å². The first-order valence-electron chi connectivity index (χ1n) is 7.14. The van der Waals surface area contributed by atoms with Crippen molar-refractivity contribution in [3.63, 3.8) is 0 Å². The van der Waals surface area contributed by atoms with Crippen molar-refractivity contribution in [1.29, 1.82) is 0 Å². The highest BCUT2D eigenvalue weighted by Crippen LogP contribution is 2.19. The zero-order chi connectivity index (χ0) is 16.9. The number of amides is 2. The molecule has 1 atom stereocenters. The average molecular weight is 367 g/mol. The summed E-state index contributed by atoms with van der Waals surface area (Å²) in [5, 5.41) is -0.794. The highest BCUT2D eigenvalue weighted by atomic mass is 32.2. The molecule has 0 aromatic carbocycles. The topological polar surface area (TPSA) is 74.8 Å². The Morgan fingerprint density at radius 2 is 1.77 bits per heavy atom. The second-order valence-electron chi connectivity index (χ2n) is 5.10. The number of hydrogen-bond donors (Lipinski definition) is 0. The van der Waals surface area contributed by atoms with Gasteiger partial charge in [0.05, 0.1) is 5.25 Å². The first-order chi connectivity index (χ1) is 10.2. The molecular weight excluding hydrogens is 344 g/mol. The third-order valence-corrected chi connectivity index (χ3v) is 6.98. The van der Waals surface area contributed by atoms with Gasteiger partial charge >= 0.3 is 0 Å². The summed E-state index contributed by atoms with van der Waals surface area (Å²) in [5.41, 5.74) is 0. The molecule has 0 bridgehead atoms. The zero-order valence-corrected chi connectivity index (χ0v) is 15.5. The van der Waals surface area contributed by atoms with Gasteiger partial charge in [0.25, 0.3) is 0 Å². The fraction of sp³-hybridized carbons (Fsp3) is 0.769. The van der Waals surface area contributed by atoms with Gasteiger partial charge in [-0.3, -0.25) is 14.5 Å². The molecule has 9 heteroatoms. The summed E-state index contributed by atoms with van der Waals surface area (Å²) in [5.74, 6) is -0.351. The predicted molar refractivity (Wildman–Crippen MR) is 92.6 cm³/mol. The Labute approximate surface area is 141 Å². The Morgan fingerprint density at radius 3 is 2.18 bits per heavy atom. The quantitative estimate of drug-likeness (QED) is 0.490. The molecule has 6 nitrogen and oxygen atoms in total. The number of sulfone groups is 1. The number of nitrogens with zero attached hydrogens (tertiary/aromatic N) is 2. The third-order valence-electron chi connectivity index (χ3n) is 3.56. The number of carbonyl (C=O) groups excluding carboxylic acids is 2. The molecule has 1 aliphatic heterocycles. The number of thiocarbonyl (C=S) groups is 1. The molecule has 0 aromatic rings. The fourth-order valence-corrected chi connectivity index (χ4v) is 5.03. The maximum absolute atomic E-state index is 11.9. The molecule has 0 spiro atoms. The molecule has 1 heterocycles. The van der Waals surface area contributed by atoms with Crippen LogP contribution in [-0.4, -0.2) is 71.2 Å². The first kappa shape index (κ1) is 19.4. The summed E-state index contributed by atoms with van der Waals surface area (Å²) < 4.78 is 24.5. The standard InChI is InChI=1S/C13H22N2O4S3/c1-4-14(5-2)13(20)21-9-10(22(3,18)19)8-15-11(16)6-7-12(15)17/h10H,4-9H2,1-3H3. The molecule has 1 rings (SSSR count). The molecule has 1 fully saturated rings. The Bertz CT molecular complexity index is 527. The van der Waals surface area contributed by atoms with E-state index >= 15 is 0 Å². The van der Waals surface area contributed by atoms with Crippen molar-refractivity contribution in [2.75, 3.05) is 31.6 Å². The van der Waals surface area contributed by atoms with E-state index in [2.05, 4.69) is 0 Å². The van der Waals surface area contributed by atoms with Crippen molar-refractivity contribution in [3.05, 3.63) is 0 Å². The second-order valence-corrected chi connectivity index (χ2v) is 9.08. The Morgan fingerprint density at radius 1 is 1.27 bits per heavy atom. The number of hydrogen-bond acceptors (Lipinski definition) is 6. The normalized spacial score (nSPS) is 17.0. The molecule has 2 amide bonds. The molecule has 1 aliphatic rings. The van der Waals surface area contributed by atoms with E-state index in [0.717, 1.165) is 24.2 Å². The van der Waals surface area contributed by atoms with Gasteiger partial charge in [0, 0.05) is 44.5 Å². The van der Waals surface area contributed by atoms with Crippen LogP contribution in [0.2, 0.25) is 0 Å². The highest BCUT2D eigenvalue weighted by Gasteiger charge is 2.34. The van der Waals surface area contributed by atoms with E-state index in [4.69, 9.17) is 12.2 Å². The summed E-state index contributed by atoms with van der Waals surface area (Å²) in [6.45, 7) is 5.40. The number of imide groups is 1. The van der Waals surface area contributed by atoms with Crippen molar-refractivity contribution in [3.8, 4) is 0 Å². The van der Waals surface area contributed by atoms with E-state index in [0.29, 0.717) is 4.32 Å². The fourth-order valence-electron chi connectivity index (χ4n) is 2.08. The minimum Gasteiger partial charge on any atom is -0.358 e. The van der Waals surface area contributed by atoms with Crippen LogP contribution in [0.5, 0.6) is 0 Å². The molecule has 0 N–H and O–H groups in total. The van der Waals surface area contributed by atoms with Crippen LogP contribution in [0.15, 0.2) is 0 Å². The number of rotatable bonds is 7. The highest BCUT2D eigenvalue weighted by molar-refractivity contribution is 8.23. The van der Waals surface area contributed by atoms with Crippen LogP contribution >= 0.6 is 24.0 Å². The Hall–Kier alpha value is -0.670. The van der Waals surface area contributed by atoms with Crippen molar-refractivity contribution in [1.82, 2.24) is 9.80 Å². The van der Waals surface area contributed by atoms with Crippen molar-refractivity contribution in [2.24, 2.45) is 0 Å². The van der Waals surface area contributed by atoms with E-state index < -0.39 is 15.1 Å². The molecule has 0 aliphatic carbocycles. The molecular formula is C13H22N2O4S3. The minimum atomic E-state index is -3.38. The average Bonchev–Trinajstić information content (AvgIpc) is 2.74. The monoisotopic (exact) mass is 366 g/mol. The number of carbonyl (C=O) groups is 2. The molecule has 1 saturated heterocycles. The van der Waals surface area contributed by atoms with Crippen LogP contribution in [-0.2, 0) is 19.4 Å². The predicted octanol–water partition coefficient (Wildman–Crippen LogP) is 0.909. The van der Waals surface area contributed by atoms with Crippen LogP contribution in [0, 0.1) is 0 Å². The lowest BCUT2D eigenvalue weighted by atomic mass is 10.4. The third kappa shape index (κ3) is 5.20. The van der Waals surface area contributed by atoms with Gasteiger partial charge in [-0.1, -0.05) is 24.0 Å². The maximum Gasteiger partial charge on any atom is 0.229 e. The van der Waals surface area contributed by atoms with Crippen molar-refractivity contribution in [2.45, 2.75) is 31.9 Å². The zero-order valence-electron chi connectivity index (χ0n) is 13.1. The van der Waals surface area contributed by atoms with E-state index in [1.54, 1.807) is 0 Å². The summed E-state index contributed by atoms with van der Waals surface area (Å²) in [7, 11) is -3.38. The van der Waals surface area contributed by atoms with E-state index in [-0.39, 0.29) is 37.0 Å². The first-order valence-corrected chi connectivity index (χ1v) is 10.5. The van der Waals surface area contributed by atoms with Crippen LogP contribution in [0.3, 0.4) is 0 Å². The molecule has 0 saturated carbocycles. The van der Waals surface area contributed by atoms with E-state index in [9.17, 15) is 18.0 Å². The molecule has 1 unspecified atom stereocenters. The lowest BCUT2D eigenvalue weighted by Crippen LogP contribution is -2.41. The smallest absolute Gasteiger partial charge is 0.229 e. The molecule has 0 aromatic heterocycles. The van der Waals surface area contributed by atoms with Crippen LogP contribution in [0.1, 0.15) is 26.7 Å². The van der Waals surface area contributed by atoms with Gasteiger partial charge < -0.3 is 4.90 Å². The Balaban J connectivity index is 2.72. The summed E-state index contributed by atoms with van der Waals surface area (Å²) >= 11 is 6.57. The van der Waals surface area contributed by atoms with Crippen LogP contribution < -0.4 is 0 Å². The molecule has 22 heavy (non-hydrogen) atoms. The van der Waals surface area contributed by atoms with Gasteiger partial charge in [-0.25, -0.2) is 8.42 Å². The molecule has 0 radical (unpaired) electrons. The maximum atomic E-state index is 11.9. The Kier molecular flexibility index (Phi) is 7.27. The minimum absolute atomic E-state index is 0.0790. The lowest BCUT2D eigenvalue weighted by Gasteiger charge is -2.24. The number of thioether (sulfide) groups is 1. The van der Waals surface area contributed by atoms with E-state index in [1.807, 2.05) is 18.7 Å². The van der Waals surface area contributed by atoms with Gasteiger partial charge in [0.2, 0.25) is 11.8 Å². The number of likely N-dealkylation sites (tertiary alicyclic amines) is 1. The van der Waals surface area contributed by atoms with E-state index in [1.165, 1.54) is 11.8 Å². The van der Waals surface area contributed by atoms with Gasteiger partial charge in [0.15, 0.2) is 9.84 Å². The summed E-state index contributed by atoms with van der Waals surface area (Å²) in [6, 6.07) is 0. The van der Waals surface area contributed by atoms with Gasteiger partial charge in [-0.15, -0.1) is 0 Å².